The van der Waals surface area contributed by atoms with Crippen molar-refractivity contribution >= 4 is 27.7 Å². The number of rotatable bonds is 5. The monoisotopic (exact) mass is 390 g/mol. The molecule has 3 aromatic rings. The fraction of sp³-hybridized carbons (Fsp3) is 0.176. The number of methoxy groups -OCH3 is 1. The smallest absolute Gasteiger partial charge is 0.247 e. The number of aromatic nitrogens is 2. The Bertz CT molecular complexity index is 772. The summed E-state index contributed by atoms with van der Waals surface area (Å²) in [4.78, 5) is 1.16. The molecule has 0 saturated heterocycles. The van der Waals surface area contributed by atoms with Gasteiger partial charge < -0.3 is 9.15 Å². The molecule has 0 aliphatic rings. The van der Waals surface area contributed by atoms with Crippen LogP contribution in [0.3, 0.4) is 0 Å². The second-order valence-corrected chi connectivity index (χ2v) is 7.22. The molecule has 2 aromatic carbocycles. The van der Waals surface area contributed by atoms with Crippen LogP contribution in [0.5, 0.6) is 5.75 Å². The van der Waals surface area contributed by atoms with E-state index in [1.807, 2.05) is 36.4 Å². The van der Waals surface area contributed by atoms with Crippen LogP contribution in [-0.2, 0) is 0 Å². The van der Waals surface area contributed by atoms with Gasteiger partial charge in [-0.3, -0.25) is 0 Å². The summed E-state index contributed by atoms with van der Waals surface area (Å²) < 4.78 is 12.0. The van der Waals surface area contributed by atoms with Crippen LogP contribution >= 0.6 is 27.7 Å². The maximum absolute atomic E-state index is 5.81. The molecular weight excluding hydrogens is 376 g/mol. The van der Waals surface area contributed by atoms with Gasteiger partial charge in [0, 0.05) is 14.9 Å². The van der Waals surface area contributed by atoms with Gasteiger partial charge in [0.1, 0.15) is 5.75 Å². The number of hydrogen-bond acceptors (Lipinski definition) is 5. The van der Waals surface area contributed by atoms with Gasteiger partial charge in [-0.1, -0.05) is 15.9 Å². The second kappa shape index (κ2) is 7.19. The van der Waals surface area contributed by atoms with E-state index in [0.29, 0.717) is 11.8 Å². The van der Waals surface area contributed by atoms with Crippen LogP contribution in [0.25, 0.3) is 11.5 Å². The van der Waals surface area contributed by atoms with E-state index in [0.717, 1.165) is 20.7 Å². The van der Waals surface area contributed by atoms with E-state index in [1.165, 1.54) is 0 Å². The van der Waals surface area contributed by atoms with Gasteiger partial charge in [0.15, 0.2) is 0 Å². The lowest BCUT2D eigenvalue weighted by molar-refractivity contribution is 0.415. The molecule has 0 aliphatic carbocycles. The summed E-state index contributed by atoms with van der Waals surface area (Å²) in [6, 6.07) is 15.7. The molecule has 0 bridgehead atoms. The van der Waals surface area contributed by atoms with Gasteiger partial charge in [-0.15, -0.1) is 22.0 Å². The van der Waals surface area contributed by atoms with Crippen LogP contribution in [-0.4, -0.2) is 17.3 Å². The van der Waals surface area contributed by atoms with Gasteiger partial charge in [-0.25, -0.2) is 0 Å². The molecule has 118 valence electrons. The first-order chi connectivity index (χ1) is 11.2. The van der Waals surface area contributed by atoms with Crippen LogP contribution in [0.15, 0.2) is 62.3 Å². The number of nitrogens with zero attached hydrogens (tertiary/aromatic N) is 2. The number of ether oxygens (including phenoxy) is 1. The average molecular weight is 391 g/mol. The zero-order chi connectivity index (χ0) is 16.2. The first kappa shape index (κ1) is 16.1. The Labute approximate surface area is 147 Å². The van der Waals surface area contributed by atoms with Crippen molar-refractivity contribution in [1.29, 1.82) is 0 Å². The van der Waals surface area contributed by atoms with Crippen LogP contribution in [0.4, 0.5) is 0 Å². The van der Waals surface area contributed by atoms with E-state index in [2.05, 4.69) is 45.2 Å². The van der Waals surface area contributed by atoms with Gasteiger partial charge in [0.2, 0.25) is 11.8 Å². The molecule has 0 N–H and O–H groups in total. The minimum absolute atomic E-state index is 0.0793. The Hall–Kier alpha value is -1.79. The molecule has 0 radical (unpaired) electrons. The zero-order valence-corrected chi connectivity index (χ0v) is 15.1. The Morgan fingerprint density at radius 2 is 1.74 bits per heavy atom. The molecule has 3 rings (SSSR count). The summed E-state index contributed by atoms with van der Waals surface area (Å²) in [6.07, 6.45) is 0. The number of hydrogen-bond donors (Lipinski definition) is 0. The quantitative estimate of drug-likeness (QED) is 0.548. The highest BCUT2D eigenvalue weighted by atomic mass is 79.9. The van der Waals surface area contributed by atoms with Crippen molar-refractivity contribution in [3.63, 3.8) is 0 Å². The summed E-state index contributed by atoms with van der Waals surface area (Å²) >= 11 is 5.12. The fourth-order valence-electron chi connectivity index (χ4n) is 2.02. The predicted octanol–water partition coefficient (Wildman–Crippen LogP) is 5.36. The first-order valence-electron chi connectivity index (χ1n) is 7.06. The lowest BCUT2D eigenvalue weighted by Crippen LogP contribution is -1.88. The van der Waals surface area contributed by atoms with Crippen molar-refractivity contribution in [2.75, 3.05) is 7.11 Å². The van der Waals surface area contributed by atoms with Crippen LogP contribution < -0.4 is 4.74 Å². The van der Waals surface area contributed by atoms with Crippen molar-refractivity contribution in [1.82, 2.24) is 10.2 Å². The van der Waals surface area contributed by atoms with E-state index >= 15 is 0 Å². The van der Waals surface area contributed by atoms with Crippen molar-refractivity contribution in [2.45, 2.75) is 17.1 Å². The molecule has 1 heterocycles. The topological polar surface area (TPSA) is 48.2 Å². The third-order valence-corrected chi connectivity index (χ3v) is 4.88. The van der Waals surface area contributed by atoms with Gasteiger partial charge in [-0.05, 0) is 55.5 Å². The molecular formula is C17H15BrN2O2S. The van der Waals surface area contributed by atoms with Gasteiger partial charge in [0.25, 0.3) is 0 Å². The maximum Gasteiger partial charge on any atom is 0.247 e. The molecule has 1 atom stereocenters. The summed E-state index contributed by atoms with van der Waals surface area (Å²) in [7, 11) is 1.64. The van der Waals surface area contributed by atoms with Crippen LogP contribution in [0.1, 0.15) is 18.1 Å². The Kier molecular flexibility index (Phi) is 5.03. The third-order valence-electron chi connectivity index (χ3n) is 3.25. The molecule has 0 unspecified atom stereocenters. The van der Waals surface area contributed by atoms with Gasteiger partial charge in [0.05, 0.1) is 12.4 Å². The molecule has 0 amide bonds. The summed E-state index contributed by atoms with van der Waals surface area (Å²) in [5.74, 6) is 1.93. The molecule has 1 aromatic heterocycles. The SMILES string of the molecule is COc1ccc(-c2nnc([C@@H](C)Sc3ccc(Br)cc3)o2)cc1. The molecule has 6 heteroatoms. The number of benzene rings is 2. The minimum Gasteiger partial charge on any atom is -0.497 e. The Morgan fingerprint density at radius 1 is 1.04 bits per heavy atom. The number of thioether (sulfide) groups is 1. The molecule has 23 heavy (non-hydrogen) atoms. The van der Waals surface area contributed by atoms with E-state index in [1.54, 1.807) is 18.9 Å². The molecule has 0 fully saturated rings. The molecule has 0 saturated carbocycles. The highest BCUT2D eigenvalue weighted by Crippen LogP contribution is 2.35. The molecule has 0 aliphatic heterocycles. The van der Waals surface area contributed by atoms with Crippen molar-refractivity contribution in [2.24, 2.45) is 0 Å². The molecule has 0 spiro atoms. The molecule has 4 nitrogen and oxygen atoms in total. The average Bonchev–Trinajstić information content (AvgIpc) is 3.07. The van der Waals surface area contributed by atoms with Crippen molar-refractivity contribution < 1.29 is 9.15 Å². The summed E-state index contributed by atoms with van der Waals surface area (Å²) in [5, 5.41) is 8.39. The van der Waals surface area contributed by atoms with Crippen LogP contribution in [0, 0.1) is 0 Å². The minimum atomic E-state index is 0.0793. The standard InChI is InChI=1S/C17H15BrN2O2S/c1-11(23-15-9-5-13(18)6-10-15)16-19-20-17(22-16)12-3-7-14(21-2)8-4-12/h3-11H,1-2H3/t11-/m1/s1. The Balaban J connectivity index is 1.73. The van der Waals surface area contributed by atoms with Gasteiger partial charge in [-0.2, -0.15) is 0 Å². The van der Waals surface area contributed by atoms with E-state index in [9.17, 15) is 0 Å². The normalized spacial score (nSPS) is 12.1. The highest BCUT2D eigenvalue weighted by molar-refractivity contribution is 9.10. The first-order valence-corrected chi connectivity index (χ1v) is 8.73. The summed E-state index contributed by atoms with van der Waals surface area (Å²) in [6.45, 7) is 2.05. The lowest BCUT2D eigenvalue weighted by Gasteiger charge is -2.06. The van der Waals surface area contributed by atoms with Crippen LogP contribution in [0.2, 0.25) is 0 Å². The van der Waals surface area contributed by atoms with Crippen molar-refractivity contribution in [3.8, 4) is 17.2 Å². The van der Waals surface area contributed by atoms with E-state index in [-0.39, 0.29) is 5.25 Å². The zero-order valence-electron chi connectivity index (χ0n) is 12.7. The van der Waals surface area contributed by atoms with Crippen molar-refractivity contribution in [3.05, 3.63) is 58.9 Å². The predicted molar refractivity (Wildman–Crippen MR) is 94.7 cm³/mol. The fourth-order valence-corrected chi connectivity index (χ4v) is 3.18. The second-order valence-electron chi connectivity index (χ2n) is 4.89. The van der Waals surface area contributed by atoms with Gasteiger partial charge >= 0.3 is 0 Å². The number of halogens is 1. The maximum atomic E-state index is 5.81. The summed E-state index contributed by atoms with van der Waals surface area (Å²) in [5.41, 5.74) is 0.880. The van der Waals surface area contributed by atoms with E-state index in [4.69, 9.17) is 9.15 Å². The largest absolute Gasteiger partial charge is 0.497 e. The Morgan fingerprint density at radius 3 is 2.39 bits per heavy atom. The third kappa shape index (κ3) is 3.95. The lowest BCUT2D eigenvalue weighted by atomic mass is 10.2. The highest BCUT2D eigenvalue weighted by Gasteiger charge is 2.16. The van der Waals surface area contributed by atoms with E-state index < -0.39 is 0 Å².